The van der Waals surface area contributed by atoms with E-state index in [0.29, 0.717) is 24.7 Å². The Morgan fingerprint density at radius 3 is 2.00 bits per heavy atom. The van der Waals surface area contributed by atoms with Crippen LogP contribution in [0.25, 0.3) is 11.6 Å². The number of hydrogen-bond acceptors (Lipinski definition) is 6. The van der Waals surface area contributed by atoms with Crippen molar-refractivity contribution in [3.63, 3.8) is 0 Å². The fourth-order valence-electron chi connectivity index (χ4n) is 4.31. The zero-order valence-corrected chi connectivity index (χ0v) is 19.7. The smallest absolute Gasteiger partial charge is 0.264 e. The first-order chi connectivity index (χ1) is 16.8. The third kappa shape index (κ3) is 4.75. The van der Waals surface area contributed by atoms with Crippen molar-refractivity contribution < 1.29 is 21.6 Å². The minimum atomic E-state index is -3.75. The number of halogens is 2. The van der Waals surface area contributed by atoms with Crippen LogP contribution < -0.4 is 0 Å². The van der Waals surface area contributed by atoms with Crippen LogP contribution in [-0.4, -0.2) is 59.0 Å². The third-order valence-electron chi connectivity index (χ3n) is 6.06. The number of nitrogens with one attached hydrogen (secondary N) is 1. The van der Waals surface area contributed by atoms with Crippen LogP contribution in [0, 0.1) is 18.6 Å². The number of benzene rings is 2. The topological polar surface area (TPSA) is 95.3 Å². The Labute approximate surface area is 201 Å². The number of rotatable bonds is 6. The van der Waals surface area contributed by atoms with Crippen molar-refractivity contribution in [3.05, 3.63) is 89.4 Å². The van der Waals surface area contributed by atoms with Gasteiger partial charge in [-0.25, -0.2) is 17.2 Å². The van der Waals surface area contributed by atoms with E-state index in [-0.39, 0.29) is 41.6 Å². The number of hydrogen-bond donors (Lipinski definition) is 1. The van der Waals surface area contributed by atoms with E-state index in [9.17, 15) is 17.2 Å². The predicted octanol–water partition coefficient (Wildman–Crippen LogP) is 3.75. The molecule has 1 N–H and O–H groups in total. The van der Waals surface area contributed by atoms with E-state index in [0.717, 1.165) is 11.1 Å². The highest BCUT2D eigenvalue weighted by atomic mass is 32.2. The van der Waals surface area contributed by atoms with Gasteiger partial charge in [0.05, 0.1) is 6.04 Å². The number of aromatic nitrogens is 3. The molecular weight excluding hydrogens is 476 g/mol. The molecule has 1 aliphatic heterocycles. The highest BCUT2D eigenvalue weighted by Gasteiger charge is 2.33. The Bertz CT molecular complexity index is 1360. The van der Waals surface area contributed by atoms with Gasteiger partial charge in [0.15, 0.2) is 0 Å². The summed E-state index contributed by atoms with van der Waals surface area (Å²) in [4.78, 5) is 5.12. The maximum absolute atomic E-state index is 13.6. The molecule has 0 unspecified atom stereocenters. The van der Waals surface area contributed by atoms with E-state index in [1.165, 1.54) is 40.8 Å². The second kappa shape index (κ2) is 9.33. The van der Waals surface area contributed by atoms with Crippen LogP contribution in [0.1, 0.15) is 23.1 Å². The molecule has 182 valence electrons. The Balaban J connectivity index is 1.35. The molecule has 1 aliphatic rings. The zero-order chi connectivity index (χ0) is 24.6. The molecule has 0 radical (unpaired) electrons. The molecule has 2 aromatic heterocycles. The van der Waals surface area contributed by atoms with E-state index in [1.54, 1.807) is 31.2 Å². The number of H-pyrrole nitrogens is 1. The highest BCUT2D eigenvalue weighted by Crippen LogP contribution is 2.31. The standard InChI is InChI=1S/C24H23F2N5O3S/c1-16-28-29-24(34-16)22-14-21(15-27-22)35(32,33)31-12-10-30(11-13-31)23(17-2-6-19(25)7-3-17)18-4-8-20(26)9-5-18/h2-9,14-15,23,27H,10-13H2,1H3. The van der Waals surface area contributed by atoms with Crippen LogP contribution in [0.15, 0.2) is 70.1 Å². The van der Waals surface area contributed by atoms with Gasteiger partial charge in [0.1, 0.15) is 22.2 Å². The van der Waals surface area contributed by atoms with Crippen molar-refractivity contribution in [1.82, 2.24) is 24.4 Å². The second-order valence-electron chi connectivity index (χ2n) is 8.32. The minimum absolute atomic E-state index is 0.116. The summed E-state index contributed by atoms with van der Waals surface area (Å²) in [5.74, 6) is -0.0876. The van der Waals surface area contributed by atoms with Gasteiger partial charge < -0.3 is 9.40 Å². The van der Waals surface area contributed by atoms with Crippen LogP contribution in [0.5, 0.6) is 0 Å². The lowest BCUT2D eigenvalue weighted by atomic mass is 9.96. The molecule has 8 nitrogen and oxygen atoms in total. The summed E-state index contributed by atoms with van der Waals surface area (Å²) in [7, 11) is -3.75. The average Bonchev–Trinajstić information content (AvgIpc) is 3.52. The van der Waals surface area contributed by atoms with E-state index < -0.39 is 10.0 Å². The summed E-state index contributed by atoms with van der Waals surface area (Å²) in [5.41, 5.74) is 2.12. The van der Waals surface area contributed by atoms with Gasteiger partial charge in [-0.2, -0.15) is 4.31 Å². The van der Waals surface area contributed by atoms with E-state index >= 15 is 0 Å². The fraction of sp³-hybridized carbons (Fsp3) is 0.250. The maximum atomic E-state index is 13.6. The Hall–Kier alpha value is -3.41. The molecule has 4 aromatic rings. The van der Waals surface area contributed by atoms with Crippen LogP contribution in [0.3, 0.4) is 0 Å². The van der Waals surface area contributed by atoms with Gasteiger partial charge in [-0.15, -0.1) is 10.2 Å². The van der Waals surface area contributed by atoms with Crippen molar-refractivity contribution in [2.24, 2.45) is 0 Å². The largest absolute Gasteiger partial charge is 0.420 e. The Kier molecular flexibility index (Phi) is 6.22. The molecule has 1 fully saturated rings. The van der Waals surface area contributed by atoms with Gasteiger partial charge in [0.2, 0.25) is 15.9 Å². The van der Waals surface area contributed by atoms with Gasteiger partial charge in [-0.05, 0) is 41.5 Å². The summed E-state index contributed by atoms with van der Waals surface area (Å²) in [6.45, 7) is 3.07. The van der Waals surface area contributed by atoms with Crippen molar-refractivity contribution >= 4 is 10.0 Å². The predicted molar refractivity (Wildman–Crippen MR) is 124 cm³/mol. The summed E-state index contributed by atoms with van der Waals surface area (Å²) in [6.07, 6.45) is 1.41. The molecule has 3 heterocycles. The average molecular weight is 500 g/mol. The molecule has 0 bridgehead atoms. The summed E-state index contributed by atoms with van der Waals surface area (Å²) >= 11 is 0. The van der Waals surface area contributed by atoms with E-state index in [4.69, 9.17) is 4.42 Å². The first-order valence-electron chi connectivity index (χ1n) is 11.1. The third-order valence-corrected chi connectivity index (χ3v) is 7.94. The van der Waals surface area contributed by atoms with Crippen molar-refractivity contribution in [1.29, 1.82) is 0 Å². The zero-order valence-electron chi connectivity index (χ0n) is 18.9. The lowest BCUT2D eigenvalue weighted by Crippen LogP contribution is -2.49. The van der Waals surface area contributed by atoms with Crippen LogP contribution in [-0.2, 0) is 10.0 Å². The van der Waals surface area contributed by atoms with E-state index in [1.807, 2.05) is 0 Å². The molecule has 0 atom stereocenters. The molecular formula is C24H23F2N5O3S. The highest BCUT2D eigenvalue weighted by molar-refractivity contribution is 7.89. The Morgan fingerprint density at radius 1 is 0.914 bits per heavy atom. The monoisotopic (exact) mass is 499 g/mol. The molecule has 0 amide bonds. The molecule has 0 saturated carbocycles. The summed E-state index contributed by atoms with van der Waals surface area (Å²) in [5, 5.41) is 7.68. The number of aromatic amines is 1. The normalized spacial score (nSPS) is 15.7. The molecule has 0 spiro atoms. The van der Waals surface area contributed by atoms with Gasteiger partial charge in [-0.3, -0.25) is 4.90 Å². The Morgan fingerprint density at radius 2 is 1.49 bits per heavy atom. The molecule has 5 rings (SSSR count). The van der Waals surface area contributed by atoms with Crippen LogP contribution in [0.4, 0.5) is 8.78 Å². The van der Waals surface area contributed by atoms with Gasteiger partial charge in [0, 0.05) is 39.3 Å². The molecule has 11 heteroatoms. The van der Waals surface area contributed by atoms with Crippen molar-refractivity contribution in [2.75, 3.05) is 26.2 Å². The quantitative estimate of drug-likeness (QED) is 0.434. The number of sulfonamides is 1. The molecule has 2 aromatic carbocycles. The molecule has 35 heavy (non-hydrogen) atoms. The number of nitrogens with zero attached hydrogens (tertiary/aromatic N) is 4. The summed E-state index contributed by atoms with van der Waals surface area (Å²) in [6, 6.07) is 13.6. The first kappa shape index (κ1) is 23.3. The van der Waals surface area contributed by atoms with E-state index in [2.05, 4.69) is 20.1 Å². The second-order valence-corrected chi connectivity index (χ2v) is 10.3. The van der Waals surface area contributed by atoms with Gasteiger partial charge in [-0.1, -0.05) is 24.3 Å². The summed E-state index contributed by atoms with van der Waals surface area (Å²) < 4.78 is 60.4. The van der Waals surface area contributed by atoms with Crippen LogP contribution >= 0.6 is 0 Å². The maximum Gasteiger partial charge on any atom is 0.264 e. The minimum Gasteiger partial charge on any atom is -0.420 e. The SMILES string of the molecule is Cc1nnc(-c2cc(S(=O)(=O)N3CCN(C(c4ccc(F)cc4)c4ccc(F)cc4)CC3)c[nH]2)o1. The number of piperazine rings is 1. The van der Waals surface area contributed by atoms with Crippen LogP contribution in [0.2, 0.25) is 0 Å². The molecule has 0 aliphatic carbocycles. The van der Waals surface area contributed by atoms with Crippen molar-refractivity contribution in [2.45, 2.75) is 17.9 Å². The van der Waals surface area contributed by atoms with Gasteiger partial charge >= 0.3 is 0 Å². The number of aryl methyl sites for hydroxylation is 1. The first-order valence-corrected chi connectivity index (χ1v) is 12.5. The van der Waals surface area contributed by atoms with Crippen molar-refractivity contribution in [3.8, 4) is 11.6 Å². The fourth-order valence-corrected chi connectivity index (χ4v) is 5.72. The molecule has 1 saturated heterocycles. The van der Waals surface area contributed by atoms with Gasteiger partial charge in [0.25, 0.3) is 5.89 Å². The lowest BCUT2D eigenvalue weighted by Gasteiger charge is -2.39. The lowest BCUT2D eigenvalue weighted by molar-refractivity contribution is 0.155.